The van der Waals surface area contributed by atoms with Crippen molar-refractivity contribution < 1.29 is 27.4 Å². The van der Waals surface area contributed by atoms with Crippen molar-refractivity contribution in [1.29, 1.82) is 0 Å². The summed E-state index contributed by atoms with van der Waals surface area (Å²) in [6, 6.07) is 4.21. The zero-order valence-electron chi connectivity index (χ0n) is 13.7. The van der Waals surface area contributed by atoms with E-state index in [2.05, 4.69) is 20.7 Å². The highest BCUT2D eigenvalue weighted by Crippen LogP contribution is 2.22. The highest BCUT2D eigenvalue weighted by atomic mass is 79.9. The maximum Gasteiger partial charge on any atom is 0.339 e. The summed E-state index contributed by atoms with van der Waals surface area (Å²) in [7, 11) is -0.625. The molecular formula is C15H22BrNO6S. The van der Waals surface area contributed by atoms with E-state index in [1.807, 2.05) is 0 Å². The van der Waals surface area contributed by atoms with Crippen LogP contribution in [0, 0.1) is 0 Å². The van der Waals surface area contributed by atoms with E-state index in [1.165, 1.54) is 25.3 Å². The van der Waals surface area contributed by atoms with Crippen molar-refractivity contribution in [1.82, 2.24) is 4.72 Å². The molecule has 0 spiro atoms. The second-order valence-electron chi connectivity index (χ2n) is 4.87. The molecule has 24 heavy (non-hydrogen) atoms. The Morgan fingerprint density at radius 3 is 2.46 bits per heavy atom. The lowest BCUT2D eigenvalue weighted by atomic mass is 10.2. The molecule has 0 saturated heterocycles. The van der Waals surface area contributed by atoms with E-state index < -0.39 is 16.0 Å². The van der Waals surface area contributed by atoms with Gasteiger partial charge in [0.15, 0.2) is 0 Å². The molecule has 0 aliphatic carbocycles. The molecular weight excluding hydrogens is 402 g/mol. The van der Waals surface area contributed by atoms with Gasteiger partial charge >= 0.3 is 5.97 Å². The summed E-state index contributed by atoms with van der Waals surface area (Å²) < 4.78 is 42.1. The molecule has 0 amide bonds. The van der Waals surface area contributed by atoms with Crippen LogP contribution < -0.4 is 4.72 Å². The van der Waals surface area contributed by atoms with Crippen molar-refractivity contribution in [3.63, 3.8) is 0 Å². The molecule has 0 saturated carbocycles. The first-order valence-electron chi connectivity index (χ1n) is 7.36. The fraction of sp³-hybridized carbons (Fsp3) is 0.533. The second-order valence-corrected chi connectivity index (χ2v) is 7.49. The van der Waals surface area contributed by atoms with Crippen molar-refractivity contribution in [3.05, 3.63) is 28.2 Å². The molecule has 7 nitrogen and oxygen atoms in total. The van der Waals surface area contributed by atoms with E-state index in [1.54, 1.807) is 7.11 Å². The Morgan fingerprint density at radius 2 is 1.79 bits per heavy atom. The van der Waals surface area contributed by atoms with Crippen molar-refractivity contribution in [2.24, 2.45) is 0 Å². The van der Waals surface area contributed by atoms with Crippen LogP contribution in [0.3, 0.4) is 0 Å². The Kier molecular flexibility index (Phi) is 9.45. The van der Waals surface area contributed by atoms with E-state index >= 15 is 0 Å². The molecule has 0 aromatic heterocycles. The molecule has 0 aliphatic rings. The Morgan fingerprint density at radius 1 is 1.12 bits per heavy atom. The number of hydrogen-bond donors (Lipinski definition) is 1. The number of nitrogens with one attached hydrogen (secondary N) is 1. The van der Waals surface area contributed by atoms with Gasteiger partial charge in [0.05, 0.1) is 23.7 Å². The molecule has 0 radical (unpaired) electrons. The third-order valence-corrected chi connectivity index (χ3v) is 5.19. The zero-order valence-corrected chi connectivity index (χ0v) is 16.1. The normalized spacial score (nSPS) is 11.5. The summed E-state index contributed by atoms with van der Waals surface area (Å²) in [6.45, 7) is 1.25. The van der Waals surface area contributed by atoms with Crippen LogP contribution >= 0.6 is 15.9 Å². The molecule has 0 bridgehead atoms. The number of halogens is 1. The minimum absolute atomic E-state index is 0.00636. The van der Waals surface area contributed by atoms with Gasteiger partial charge in [0.2, 0.25) is 10.0 Å². The van der Waals surface area contributed by atoms with Crippen LogP contribution in [0.1, 0.15) is 23.2 Å². The molecule has 0 fully saturated rings. The van der Waals surface area contributed by atoms with Crippen molar-refractivity contribution in [2.75, 3.05) is 40.6 Å². The van der Waals surface area contributed by atoms with Gasteiger partial charge in [-0.05, 0) is 47.0 Å². The predicted octanol–water partition coefficient (Wildman–Crippen LogP) is 1.96. The fourth-order valence-electron chi connectivity index (χ4n) is 1.78. The largest absolute Gasteiger partial charge is 0.462 e. The Balaban J connectivity index is 2.76. The Bertz CT molecular complexity index is 635. The van der Waals surface area contributed by atoms with Crippen LogP contribution in [0.15, 0.2) is 27.6 Å². The smallest absolute Gasteiger partial charge is 0.339 e. The van der Waals surface area contributed by atoms with Gasteiger partial charge in [-0.25, -0.2) is 17.9 Å². The van der Waals surface area contributed by atoms with Gasteiger partial charge in [-0.3, -0.25) is 0 Å². The first-order valence-corrected chi connectivity index (χ1v) is 9.64. The third kappa shape index (κ3) is 6.86. The fourth-order valence-corrected chi connectivity index (χ4v) is 3.23. The highest BCUT2D eigenvalue weighted by molar-refractivity contribution is 9.10. The zero-order chi connectivity index (χ0) is 18.0. The van der Waals surface area contributed by atoms with Crippen molar-refractivity contribution in [2.45, 2.75) is 17.7 Å². The number of unbranched alkanes of at least 4 members (excludes halogenated alkanes) is 1. The molecule has 0 heterocycles. The van der Waals surface area contributed by atoms with Gasteiger partial charge in [0.1, 0.15) is 0 Å². The maximum atomic E-state index is 12.2. The molecule has 136 valence electrons. The summed E-state index contributed by atoms with van der Waals surface area (Å²) in [4.78, 5) is 12.1. The molecule has 0 atom stereocenters. The van der Waals surface area contributed by atoms with E-state index in [0.717, 1.165) is 6.42 Å². The summed E-state index contributed by atoms with van der Waals surface area (Å²) >= 11 is 3.24. The molecule has 1 aromatic carbocycles. The van der Waals surface area contributed by atoms with E-state index in [4.69, 9.17) is 14.2 Å². The molecule has 9 heteroatoms. The predicted molar refractivity (Wildman–Crippen MR) is 92.6 cm³/mol. The van der Waals surface area contributed by atoms with Gasteiger partial charge in [0, 0.05) is 31.8 Å². The monoisotopic (exact) mass is 423 g/mol. The molecule has 1 N–H and O–H groups in total. The standard InChI is InChI=1S/C15H22BrNO6S/c1-21-8-3-4-9-23-15(18)13-11-12(5-6-14(13)16)24(19,20)17-7-10-22-2/h5-6,11,17H,3-4,7-10H2,1-2H3. The average molecular weight is 424 g/mol. The van der Waals surface area contributed by atoms with Gasteiger partial charge in [-0.2, -0.15) is 0 Å². The number of methoxy groups -OCH3 is 2. The third-order valence-electron chi connectivity index (χ3n) is 3.04. The van der Waals surface area contributed by atoms with Crippen LogP contribution in [-0.2, 0) is 24.2 Å². The number of rotatable bonds is 11. The van der Waals surface area contributed by atoms with Gasteiger partial charge < -0.3 is 14.2 Å². The summed E-state index contributed by atoms with van der Waals surface area (Å²) in [5.74, 6) is -0.576. The van der Waals surface area contributed by atoms with E-state index in [0.29, 0.717) is 17.5 Å². The lowest BCUT2D eigenvalue weighted by Gasteiger charge is -2.10. The first kappa shape index (κ1) is 21.0. The van der Waals surface area contributed by atoms with Crippen LogP contribution in [0.25, 0.3) is 0 Å². The summed E-state index contributed by atoms with van der Waals surface area (Å²) in [5, 5.41) is 0. The van der Waals surface area contributed by atoms with Gasteiger partial charge in [0.25, 0.3) is 0 Å². The molecule has 0 unspecified atom stereocenters. The van der Waals surface area contributed by atoms with E-state index in [9.17, 15) is 13.2 Å². The lowest BCUT2D eigenvalue weighted by molar-refractivity contribution is 0.0488. The minimum atomic E-state index is -3.71. The SMILES string of the molecule is COCCCCOC(=O)c1cc(S(=O)(=O)NCCOC)ccc1Br. The number of carbonyl (C=O) groups is 1. The maximum absolute atomic E-state index is 12.2. The number of hydrogen-bond acceptors (Lipinski definition) is 6. The lowest BCUT2D eigenvalue weighted by Crippen LogP contribution is -2.27. The van der Waals surface area contributed by atoms with Gasteiger partial charge in [-0.1, -0.05) is 0 Å². The topological polar surface area (TPSA) is 90.9 Å². The number of sulfonamides is 1. The van der Waals surface area contributed by atoms with Gasteiger partial charge in [-0.15, -0.1) is 0 Å². The number of carbonyl (C=O) groups excluding carboxylic acids is 1. The quantitative estimate of drug-likeness (QED) is 0.432. The summed E-state index contributed by atoms with van der Waals surface area (Å²) in [5.41, 5.74) is 0.163. The van der Waals surface area contributed by atoms with Crippen LogP contribution in [0.2, 0.25) is 0 Å². The average Bonchev–Trinajstić information content (AvgIpc) is 2.54. The Labute approximate surface area is 150 Å². The molecule has 1 aromatic rings. The highest BCUT2D eigenvalue weighted by Gasteiger charge is 2.19. The molecule has 0 aliphatic heterocycles. The first-order chi connectivity index (χ1) is 11.4. The van der Waals surface area contributed by atoms with Crippen molar-refractivity contribution in [3.8, 4) is 0 Å². The van der Waals surface area contributed by atoms with Crippen LogP contribution in [-0.4, -0.2) is 55.0 Å². The van der Waals surface area contributed by atoms with Crippen LogP contribution in [0.4, 0.5) is 0 Å². The summed E-state index contributed by atoms with van der Waals surface area (Å²) in [6.07, 6.45) is 1.45. The number of benzene rings is 1. The number of esters is 1. The molecule has 1 rings (SSSR count). The number of ether oxygens (including phenoxy) is 3. The van der Waals surface area contributed by atoms with Crippen LogP contribution in [0.5, 0.6) is 0 Å². The van der Waals surface area contributed by atoms with E-state index in [-0.39, 0.29) is 30.2 Å². The Hall–Kier alpha value is -1.00. The minimum Gasteiger partial charge on any atom is -0.462 e. The van der Waals surface area contributed by atoms with Crippen molar-refractivity contribution >= 4 is 31.9 Å². The second kappa shape index (κ2) is 10.8.